The van der Waals surface area contributed by atoms with Crippen molar-refractivity contribution in [2.45, 2.75) is 52.0 Å². The fraction of sp³-hybridized carbons (Fsp3) is 0.500. The number of rotatable bonds is 5. The Morgan fingerprint density at radius 2 is 2.29 bits per heavy atom. The zero-order chi connectivity index (χ0) is 14.7. The first-order valence-corrected chi connectivity index (χ1v) is 8.54. The van der Waals surface area contributed by atoms with Crippen LogP contribution in [0, 0.1) is 0 Å². The number of hydrogen-bond donors (Lipinski definition) is 1. The predicted molar refractivity (Wildman–Crippen MR) is 86.0 cm³/mol. The lowest BCUT2D eigenvalue weighted by molar-refractivity contribution is 0.102. The fourth-order valence-corrected chi connectivity index (χ4v) is 3.85. The minimum absolute atomic E-state index is 0.00681. The highest BCUT2D eigenvalue weighted by atomic mass is 32.1. The summed E-state index contributed by atoms with van der Waals surface area (Å²) in [5.74, 6) is 0.785. The lowest BCUT2D eigenvalue weighted by atomic mass is 9.99. The molecule has 1 amide bonds. The SMILES string of the molecule is CCCCn1nccc1NC(=O)c1cc2c(s1)CCCC2. The predicted octanol–water partition coefficient (Wildman–Crippen LogP) is 3.88. The molecule has 21 heavy (non-hydrogen) atoms. The second-order valence-corrected chi connectivity index (χ2v) is 6.65. The van der Waals surface area contributed by atoms with Crippen molar-refractivity contribution in [3.63, 3.8) is 0 Å². The molecule has 0 spiro atoms. The van der Waals surface area contributed by atoms with Gasteiger partial charge in [-0.15, -0.1) is 11.3 Å². The first-order valence-electron chi connectivity index (χ1n) is 7.72. The summed E-state index contributed by atoms with van der Waals surface area (Å²) in [5, 5.41) is 7.27. The number of unbranched alkanes of at least 4 members (excludes halogenated alkanes) is 1. The second-order valence-electron chi connectivity index (χ2n) is 5.51. The molecule has 2 heterocycles. The van der Waals surface area contributed by atoms with Crippen molar-refractivity contribution in [1.82, 2.24) is 9.78 Å². The average Bonchev–Trinajstić information content (AvgIpc) is 3.11. The topological polar surface area (TPSA) is 46.9 Å². The normalized spacial score (nSPS) is 14.0. The minimum Gasteiger partial charge on any atom is -0.306 e. The molecule has 0 radical (unpaired) electrons. The number of carbonyl (C=O) groups is 1. The highest BCUT2D eigenvalue weighted by molar-refractivity contribution is 7.14. The van der Waals surface area contributed by atoms with Gasteiger partial charge in [0.1, 0.15) is 5.82 Å². The Morgan fingerprint density at radius 3 is 3.10 bits per heavy atom. The van der Waals surface area contributed by atoms with Crippen molar-refractivity contribution < 1.29 is 4.79 Å². The molecule has 0 bridgehead atoms. The summed E-state index contributed by atoms with van der Waals surface area (Å²) in [6.07, 6.45) is 8.66. The molecule has 1 aliphatic rings. The van der Waals surface area contributed by atoms with Crippen LogP contribution in [0.25, 0.3) is 0 Å². The Morgan fingerprint density at radius 1 is 1.43 bits per heavy atom. The number of thiophene rings is 1. The smallest absolute Gasteiger partial charge is 0.266 e. The van der Waals surface area contributed by atoms with Gasteiger partial charge in [-0.25, -0.2) is 4.68 Å². The Kier molecular flexibility index (Phi) is 4.39. The van der Waals surface area contributed by atoms with Crippen molar-refractivity contribution in [3.05, 3.63) is 33.6 Å². The highest BCUT2D eigenvalue weighted by Gasteiger charge is 2.18. The summed E-state index contributed by atoms with van der Waals surface area (Å²) in [5.41, 5.74) is 1.37. The summed E-state index contributed by atoms with van der Waals surface area (Å²) in [6.45, 7) is 3.00. The lowest BCUT2D eigenvalue weighted by Gasteiger charge is -2.08. The van der Waals surface area contributed by atoms with Crippen LogP contribution in [-0.2, 0) is 19.4 Å². The van der Waals surface area contributed by atoms with Crippen LogP contribution in [0.2, 0.25) is 0 Å². The van der Waals surface area contributed by atoms with Gasteiger partial charge in [0.2, 0.25) is 0 Å². The monoisotopic (exact) mass is 303 g/mol. The number of aromatic nitrogens is 2. The van der Waals surface area contributed by atoms with Crippen LogP contribution < -0.4 is 5.32 Å². The van der Waals surface area contributed by atoms with E-state index < -0.39 is 0 Å². The summed E-state index contributed by atoms with van der Waals surface area (Å²) in [6, 6.07) is 3.93. The minimum atomic E-state index is -0.00681. The maximum absolute atomic E-state index is 12.4. The lowest BCUT2D eigenvalue weighted by Crippen LogP contribution is -2.14. The maximum Gasteiger partial charge on any atom is 0.266 e. The number of hydrogen-bond acceptors (Lipinski definition) is 3. The van der Waals surface area contributed by atoms with Crippen LogP contribution in [-0.4, -0.2) is 15.7 Å². The quantitative estimate of drug-likeness (QED) is 0.911. The molecule has 0 saturated carbocycles. The first-order chi connectivity index (χ1) is 10.3. The maximum atomic E-state index is 12.4. The second kappa shape index (κ2) is 6.43. The number of amides is 1. The molecule has 112 valence electrons. The van der Waals surface area contributed by atoms with Crippen LogP contribution in [0.4, 0.5) is 5.82 Å². The molecule has 5 heteroatoms. The number of carbonyl (C=O) groups excluding carboxylic acids is 1. The van der Waals surface area contributed by atoms with Crippen molar-refractivity contribution >= 4 is 23.1 Å². The van der Waals surface area contributed by atoms with E-state index in [1.807, 2.05) is 10.7 Å². The number of aryl methyl sites for hydroxylation is 3. The Bertz CT molecular complexity index is 606. The van der Waals surface area contributed by atoms with Gasteiger partial charge in [-0.3, -0.25) is 4.79 Å². The van der Waals surface area contributed by atoms with Crippen LogP contribution in [0.1, 0.15) is 52.7 Å². The van der Waals surface area contributed by atoms with E-state index in [9.17, 15) is 4.79 Å². The molecule has 3 rings (SSSR count). The van der Waals surface area contributed by atoms with Gasteiger partial charge in [0.15, 0.2) is 0 Å². The van der Waals surface area contributed by atoms with Crippen molar-refractivity contribution in [2.24, 2.45) is 0 Å². The van der Waals surface area contributed by atoms with Gasteiger partial charge in [0.05, 0.1) is 11.1 Å². The van der Waals surface area contributed by atoms with E-state index in [-0.39, 0.29) is 5.91 Å². The summed E-state index contributed by atoms with van der Waals surface area (Å²) >= 11 is 1.65. The molecular formula is C16H21N3OS. The Balaban J connectivity index is 1.71. The van der Waals surface area contributed by atoms with Crippen molar-refractivity contribution in [3.8, 4) is 0 Å². The number of nitrogens with one attached hydrogen (secondary N) is 1. The van der Waals surface area contributed by atoms with E-state index >= 15 is 0 Å². The van der Waals surface area contributed by atoms with E-state index in [2.05, 4.69) is 23.4 Å². The van der Waals surface area contributed by atoms with Crippen LogP contribution in [0.3, 0.4) is 0 Å². The van der Waals surface area contributed by atoms with Gasteiger partial charge >= 0.3 is 0 Å². The molecule has 0 aromatic carbocycles. The fourth-order valence-electron chi connectivity index (χ4n) is 2.71. The molecule has 0 unspecified atom stereocenters. The number of anilines is 1. The van der Waals surface area contributed by atoms with E-state index in [1.54, 1.807) is 17.5 Å². The number of fused-ring (bicyclic) bond motifs is 1. The molecular weight excluding hydrogens is 282 g/mol. The first kappa shape index (κ1) is 14.3. The Hall–Kier alpha value is -1.62. The Labute approximate surface area is 129 Å². The third-order valence-corrected chi connectivity index (χ3v) is 5.14. The molecule has 0 atom stereocenters. The molecule has 1 N–H and O–H groups in total. The van der Waals surface area contributed by atoms with Gasteiger partial charge in [-0.05, 0) is 43.7 Å². The number of nitrogens with zero attached hydrogens (tertiary/aromatic N) is 2. The van der Waals surface area contributed by atoms with Gasteiger partial charge < -0.3 is 5.32 Å². The molecule has 1 aliphatic carbocycles. The standard InChI is InChI=1S/C16H21N3OS/c1-2-3-10-19-15(8-9-17-19)18-16(20)14-11-12-6-4-5-7-13(12)21-14/h8-9,11H,2-7,10H2,1H3,(H,18,20). The summed E-state index contributed by atoms with van der Waals surface area (Å²) in [4.78, 5) is 14.6. The molecule has 2 aromatic heterocycles. The molecule has 0 fully saturated rings. The van der Waals surface area contributed by atoms with E-state index in [4.69, 9.17) is 0 Å². The molecule has 4 nitrogen and oxygen atoms in total. The van der Waals surface area contributed by atoms with E-state index in [1.165, 1.54) is 23.3 Å². The average molecular weight is 303 g/mol. The zero-order valence-electron chi connectivity index (χ0n) is 12.4. The largest absolute Gasteiger partial charge is 0.306 e. The molecule has 0 saturated heterocycles. The van der Waals surface area contributed by atoms with Gasteiger partial charge in [-0.1, -0.05) is 13.3 Å². The van der Waals surface area contributed by atoms with Crippen molar-refractivity contribution in [2.75, 3.05) is 5.32 Å². The zero-order valence-corrected chi connectivity index (χ0v) is 13.2. The van der Waals surface area contributed by atoms with Crippen molar-refractivity contribution in [1.29, 1.82) is 0 Å². The summed E-state index contributed by atoms with van der Waals surface area (Å²) < 4.78 is 1.87. The van der Waals surface area contributed by atoms with E-state index in [0.29, 0.717) is 0 Å². The van der Waals surface area contributed by atoms with Gasteiger partial charge in [0.25, 0.3) is 5.91 Å². The summed E-state index contributed by atoms with van der Waals surface area (Å²) in [7, 11) is 0. The van der Waals surface area contributed by atoms with Crippen LogP contribution in [0.15, 0.2) is 18.3 Å². The third-order valence-electron chi connectivity index (χ3n) is 3.90. The van der Waals surface area contributed by atoms with Gasteiger partial charge in [0, 0.05) is 17.5 Å². The van der Waals surface area contributed by atoms with Crippen LogP contribution in [0.5, 0.6) is 0 Å². The van der Waals surface area contributed by atoms with Gasteiger partial charge in [-0.2, -0.15) is 5.10 Å². The molecule has 2 aromatic rings. The highest BCUT2D eigenvalue weighted by Crippen LogP contribution is 2.30. The third kappa shape index (κ3) is 3.18. The molecule has 0 aliphatic heterocycles. The van der Waals surface area contributed by atoms with E-state index in [0.717, 1.165) is 42.9 Å². The van der Waals surface area contributed by atoms with Crippen LogP contribution >= 0.6 is 11.3 Å².